The fourth-order valence-electron chi connectivity index (χ4n) is 4.23. The number of carbonyl (C=O) groups excluding carboxylic acids is 6. The molecule has 0 heterocycles. The Morgan fingerprint density at radius 2 is 0.945 bits per heavy atom. The molecule has 0 aliphatic carbocycles. The molecule has 6 N–H and O–H groups in total. The monoisotopic (exact) mass is 787 g/mol. The summed E-state index contributed by atoms with van der Waals surface area (Å²) in [5.41, 5.74) is -2.73. The molecule has 0 radical (unpaired) electrons. The summed E-state index contributed by atoms with van der Waals surface area (Å²) in [7, 11) is 0. The highest BCUT2D eigenvalue weighted by Crippen LogP contribution is 2.12. The van der Waals surface area contributed by atoms with Crippen molar-refractivity contribution in [2.75, 3.05) is 45.8 Å². The van der Waals surface area contributed by atoms with Gasteiger partial charge in [0.05, 0.1) is 6.54 Å². The van der Waals surface area contributed by atoms with Crippen LogP contribution in [0.3, 0.4) is 0 Å². The van der Waals surface area contributed by atoms with Crippen molar-refractivity contribution in [2.45, 2.75) is 150 Å². The maximum atomic E-state index is 12.7. The van der Waals surface area contributed by atoms with Crippen LogP contribution in [0.4, 0.5) is 24.0 Å². The maximum Gasteiger partial charge on any atom is 0.414 e. The van der Waals surface area contributed by atoms with Crippen molar-refractivity contribution in [3.63, 3.8) is 0 Å². The van der Waals surface area contributed by atoms with Crippen LogP contribution in [0.25, 0.3) is 0 Å². The SMILES string of the molecule is CC(C)(C)OC(=O)NCCCN(CCCCNC(=O)NCC(=O)NCCCCCCN=C(NC(=O)OC(C)(C)C)NC(=O)OC(C)(C)C)C(=O)OC(C)(C)C. The molecule has 0 aromatic carbocycles. The molecule has 0 aliphatic rings. The first-order chi connectivity index (χ1) is 25.2. The number of amides is 7. The fourth-order valence-corrected chi connectivity index (χ4v) is 4.23. The lowest BCUT2D eigenvalue weighted by Gasteiger charge is -2.27. The first-order valence-electron chi connectivity index (χ1n) is 19.0. The van der Waals surface area contributed by atoms with Gasteiger partial charge in [-0.3, -0.25) is 20.4 Å². The van der Waals surface area contributed by atoms with Crippen LogP contribution in [0.2, 0.25) is 0 Å². The van der Waals surface area contributed by atoms with Gasteiger partial charge in [0.1, 0.15) is 22.4 Å². The lowest BCUT2D eigenvalue weighted by molar-refractivity contribution is -0.120. The third kappa shape index (κ3) is 32.6. The predicted molar refractivity (Wildman–Crippen MR) is 210 cm³/mol. The number of nitrogens with one attached hydrogen (secondary N) is 6. The van der Waals surface area contributed by atoms with Crippen molar-refractivity contribution in [1.29, 1.82) is 0 Å². The first kappa shape index (κ1) is 50.5. The van der Waals surface area contributed by atoms with E-state index in [0.717, 1.165) is 12.8 Å². The molecule has 0 aliphatic heterocycles. The van der Waals surface area contributed by atoms with E-state index in [-0.39, 0.29) is 18.4 Å². The van der Waals surface area contributed by atoms with E-state index >= 15 is 0 Å². The third-order valence-electron chi connectivity index (χ3n) is 6.39. The van der Waals surface area contributed by atoms with E-state index in [0.29, 0.717) is 71.4 Å². The van der Waals surface area contributed by atoms with Gasteiger partial charge >= 0.3 is 30.4 Å². The van der Waals surface area contributed by atoms with E-state index in [4.69, 9.17) is 18.9 Å². The number of nitrogens with zero attached hydrogens (tertiary/aromatic N) is 2. The zero-order valence-corrected chi connectivity index (χ0v) is 35.4. The van der Waals surface area contributed by atoms with Crippen LogP contribution in [0.5, 0.6) is 0 Å². The van der Waals surface area contributed by atoms with E-state index in [9.17, 15) is 28.8 Å². The number of carbonyl (C=O) groups is 6. The average molecular weight is 787 g/mol. The molecule has 0 saturated carbocycles. The highest BCUT2D eigenvalue weighted by atomic mass is 16.6. The van der Waals surface area contributed by atoms with Gasteiger partial charge in [0.2, 0.25) is 11.9 Å². The van der Waals surface area contributed by atoms with Crippen LogP contribution >= 0.6 is 0 Å². The molecule has 0 unspecified atom stereocenters. The Labute approximate surface area is 327 Å². The summed E-state index contributed by atoms with van der Waals surface area (Å²) in [4.78, 5) is 79.3. The largest absolute Gasteiger partial charge is 0.444 e. The van der Waals surface area contributed by atoms with Gasteiger partial charge in [0, 0.05) is 39.3 Å². The number of rotatable bonds is 18. The van der Waals surface area contributed by atoms with Gasteiger partial charge in [-0.1, -0.05) is 12.8 Å². The molecular weight excluding hydrogens is 716 g/mol. The molecule has 0 atom stereocenters. The van der Waals surface area contributed by atoms with Crippen molar-refractivity contribution in [3.8, 4) is 0 Å². The number of unbranched alkanes of at least 4 members (excludes halogenated alkanes) is 4. The minimum absolute atomic E-state index is 0.0738. The van der Waals surface area contributed by atoms with Crippen LogP contribution in [-0.4, -0.2) is 115 Å². The predicted octanol–water partition coefficient (Wildman–Crippen LogP) is 5.30. The molecule has 0 aromatic rings. The van der Waals surface area contributed by atoms with Crippen molar-refractivity contribution in [2.24, 2.45) is 4.99 Å². The number of aliphatic imine (C=N–C) groups is 1. The van der Waals surface area contributed by atoms with Crippen molar-refractivity contribution in [3.05, 3.63) is 0 Å². The zero-order chi connectivity index (χ0) is 42.3. The second-order valence-corrected chi connectivity index (χ2v) is 16.8. The molecule has 0 rings (SSSR count). The third-order valence-corrected chi connectivity index (χ3v) is 6.39. The van der Waals surface area contributed by atoms with Gasteiger partial charge in [-0.15, -0.1) is 0 Å². The Kier molecular flexibility index (Phi) is 22.8. The van der Waals surface area contributed by atoms with E-state index in [1.54, 1.807) is 88.0 Å². The van der Waals surface area contributed by atoms with Gasteiger partial charge in [-0.2, -0.15) is 0 Å². The minimum atomic E-state index is -0.760. The average Bonchev–Trinajstić information content (AvgIpc) is 2.98. The number of alkyl carbamates (subject to hydrolysis) is 3. The smallest absolute Gasteiger partial charge is 0.414 e. The summed E-state index contributed by atoms with van der Waals surface area (Å²) >= 11 is 0. The van der Waals surface area contributed by atoms with Crippen LogP contribution < -0.4 is 31.9 Å². The Morgan fingerprint density at radius 1 is 0.491 bits per heavy atom. The van der Waals surface area contributed by atoms with Crippen LogP contribution in [0, 0.1) is 0 Å². The van der Waals surface area contributed by atoms with Crippen molar-refractivity contribution < 1.29 is 47.7 Å². The van der Waals surface area contributed by atoms with E-state index in [1.165, 1.54) is 0 Å². The second kappa shape index (κ2) is 24.8. The van der Waals surface area contributed by atoms with Gasteiger partial charge < -0.3 is 45.1 Å². The Morgan fingerprint density at radius 3 is 1.49 bits per heavy atom. The van der Waals surface area contributed by atoms with Gasteiger partial charge in [0.15, 0.2) is 0 Å². The Bertz CT molecular complexity index is 1220. The van der Waals surface area contributed by atoms with Gasteiger partial charge in [0.25, 0.3) is 0 Å². The molecular formula is C37H70N8O10. The lowest BCUT2D eigenvalue weighted by Crippen LogP contribution is -2.47. The molecule has 7 amide bonds. The number of guanidine groups is 1. The first-order valence-corrected chi connectivity index (χ1v) is 19.0. The molecule has 0 aromatic heterocycles. The number of hydrogen-bond donors (Lipinski definition) is 6. The van der Waals surface area contributed by atoms with Crippen LogP contribution in [0.1, 0.15) is 128 Å². The molecule has 0 saturated heterocycles. The zero-order valence-electron chi connectivity index (χ0n) is 35.4. The summed E-state index contributed by atoms with van der Waals surface area (Å²) in [6, 6.07) is -0.477. The second-order valence-electron chi connectivity index (χ2n) is 16.8. The standard InChI is InChI=1S/C37H70N8O10/c1-34(2,3)52-30(48)41-23-19-25-45(33(51)55-37(10,11)12)24-18-17-22-40-29(47)42-26-27(46)38-20-15-13-14-16-21-39-28(43-31(49)53-35(4,5)6)44-32(50)54-36(7,8)9/h13-26H2,1-12H3,(H,38,46)(H,41,48)(H2,40,42,47)(H2,39,43,44,49,50). The Hall–Kier alpha value is -4.51. The number of urea groups is 1. The minimum Gasteiger partial charge on any atom is -0.444 e. The van der Waals surface area contributed by atoms with E-state index in [2.05, 4.69) is 36.9 Å². The fraction of sp³-hybridized carbons (Fsp3) is 0.811. The lowest BCUT2D eigenvalue weighted by atomic mass is 10.2. The van der Waals surface area contributed by atoms with Crippen LogP contribution in [0.15, 0.2) is 4.99 Å². The molecule has 18 nitrogen and oxygen atoms in total. The Balaban J connectivity index is 4.42. The highest BCUT2D eigenvalue weighted by molar-refractivity contribution is 6.01. The summed E-state index contributed by atoms with van der Waals surface area (Å²) in [5, 5.41) is 15.6. The van der Waals surface area contributed by atoms with Crippen molar-refractivity contribution in [1.82, 2.24) is 36.8 Å². The molecule has 0 fully saturated rings. The molecule has 0 spiro atoms. The molecule has 18 heteroatoms. The highest BCUT2D eigenvalue weighted by Gasteiger charge is 2.23. The summed E-state index contributed by atoms with van der Waals surface area (Å²) in [6.45, 7) is 23.0. The summed E-state index contributed by atoms with van der Waals surface area (Å²) in [6.07, 6.45) is 2.15. The maximum absolute atomic E-state index is 12.7. The van der Waals surface area contributed by atoms with Gasteiger partial charge in [-0.05, 0) is 115 Å². The van der Waals surface area contributed by atoms with Gasteiger partial charge in [-0.25, -0.2) is 24.0 Å². The van der Waals surface area contributed by atoms with Crippen LogP contribution in [-0.2, 0) is 23.7 Å². The summed E-state index contributed by atoms with van der Waals surface area (Å²) in [5.74, 6) is -0.393. The molecule has 0 bridgehead atoms. The van der Waals surface area contributed by atoms with E-state index < -0.39 is 52.8 Å². The van der Waals surface area contributed by atoms with E-state index in [1.807, 2.05) is 0 Å². The quantitative estimate of drug-likeness (QED) is 0.0455. The number of hydrogen-bond acceptors (Lipinski definition) is 11. The topological polar surface area (TPSA) is 227 Å². The van der Waals surface area contributed by atoms with Crippen molar-refractivity contribution >= 4 is 42.3 Å². The molecule has 318 valence electrons. The number of ether oxygens (including phenoxy) is 4. The summed E-state index contributed by atoms with van der Waals surface area (Å²) < 4.78 is 21.2. The molecule has 55 heavy (non-hydrogen) atoms. The normalized spacial score (nSPS) is 11.6.